The molecular formula is C9H13FN2O. The van der Waals surface area contributed by atoms with Gasteiger partial charge in [0.25, 0.3) is 0 Å². The summed E-state index contributed by atoms with van der Waals surface area (Å²) in [6.07, 6.45) is 0. The van der Waals surface area contributed by atoms with Crippen LogP contribution in [0.5, 0.6) is 0 Å². The fourth-order valence-electron chi connectivity index (χ4n) is 1.02. The lowest BCUT2D eigenvalue weighted by Gasteiger charge is -2.06. The predicted molar refractivity (Wildman–Crippen MR) is 49.9 cm³/mol. The number of aliphatic hydroxyl groups excluding tert-OH is 1. The third kappa shape index (κ3) is 2.68. The Morgan fingerprint density at radius 2 is 2.23 bits per heavy atom. The highest BCUT2D eigenvalue weighted by Crippen LogP contribution is 2.14. The van der Waals surface area contributed by atoms with Crippen molar-refractivity contribution in [2.45, 2.75) is 6.54 Å². The normalized spacial score (nSPS) is 10.1. The first-order valence-corrected chi connectivity index (χ1v) is 4.11. The lowest BCUT2D eigenvalue weighted by atomic mass is 10.2. The number of nitrogens with one attached hydrogen (secondary N) is 1. The molecule has 1 aromatic carbocycles. The van der Waals surface area contributed by atoms with Crippen LogP contribution in [0, 0.1) is 5.82 Å². The van der Waals surface area contributed by atoms with E-state index in [9.17, 15) is 4.39 Å². The van der Waals surface area contributed by atoms with Crippen molar-refractivity contribution in [1.82, 2.24) is 0 Å². The second-order valence-electron chi connectivity index (χ2n) is 2.67. The first kappa shape index (κ1) is 9.95. The molecule has 0 fully saturated rings. The van der Waals surface area contributed by atoms with E-state index in [1.54, 1.807) is 12.1 Å². The summed E-state index contributed by atoms with van der Waals surface area (Å²) < 4.78 is 13.2. The summed E-state index contributed by atoms with van der Waals surface area (Å²) in [6.45, 7) is 0.661. The summed E-state index contributed by atoms with van der Waals surface area (Å²) in [5.41, 5.74) is 6.49. The molecule has 13 heavy (non-hydrogen) atoms. The molecule has 0 unspecified atom stereocenters. The van der Waals surface area contributed by atoms with Gasteiger partial charge in [0.2, 0.25) is 0 Å². The second kappa shape index (κ2) is 4.79. The Hall–Kier alpha value is -1.13. The Balaban J connectivity index is 2.73. The lowest BCUT2D eigenvalue weighted by molar-refractivity contribution is 0.311. The summed E-state index contributed by atoms with van der Waals surface area (Å²) in [5, 5.41) is 11.3. The van der Waals surface area contributed by atoms with Crippen LogP contribution in [0.4, 0.5) is 10.1 Å². The SMILES string of the molecule is NCc1ccc(NCCO)c(F)c1. The minimum Gasteiger partial charge on any atom is -0.395 e. The van der Waals surface area contributed by atoms with Crippen molar-refractivity contribution in [1.29, 1.82) is 0 Å². The number of hydrogen-bond donors (Lipinski definition) is 3. The van der Waals surface area contributed by atoms with Gasteiger partial charge in [-0.05, 0) is 17.7 Å². The molecule has 0 aliphatic rings. The minimum atomic E-state index is -0.337. The van der Waals surface area contributed by atoms with E-state index < -0.39 is 0 Å². The van der Waals surface area contributed by atoms with Gasteiger partial charge in [0.05, 0.1) is 12.3 Å². The lowest BCUT2D eigenvalue weighted by Crippen LogP contribution is -2.07. The largest absolute Gasteiger partial charge is 0.395 e. The van der Waals surface area contributed by atoms with E-state index in [0.717, 1.165) is 5.56 Å². The van der Waals surface area contributed by atoms with Crippen molar-refractivity contribution in [2.75, 3.05) is 18.5 Å². The molecule has 0 aromatic heterocycles. The van der Waals surface area contributed by atoms with Crippen LogP contribution >= 0.6 is 0 Å². The van der Waals surface area contributed by atoms with Gasteiger partial charge in [-0.15, -0.1) is 0 Å². The van der Waals surface area contributed by atoms with Crippen molar-refractivity contribution in [3.8, 4) is 0 Å². The fourth-order valence-corrected chi connectivity index (χ4v) is 1.02. The highest BCUT2D eigenvalue weighted by atomic mass is 19.1. The zero-order valence-electron chi connectivity index (χ0n) is 7.26. The highest BCUT2D eigenvalue weighted by Gasteiger charge is 2.01. The molecule has 0 aliphatic carbocycles. The van der Waals surface area contributed by atoms with Crippen LogP contribution in [0.3, 0.4) is 0 Å². The molecule has 0 atom stereocenters. The first-order valence-electron chi connectivity index (χ1n) is 4.11. The van der Waals surface area contributed by atoms with Gasteiger partial charge in [0, 0.05) is 13.1 Å². The van der Waals surface area contributed by atoms with E-state index in [4.69, 9.17) is 10.8 Å². The van der Waals surface area contributed by atoms with Crippen LogP contribution in [0.2, 0.25) is 0 Å². The van der Waals surface area contributed by atoms with Gasteiger partial charge in [-0.1, -0.05) is 6.07 Å². The van der Waals surface area contributed by atoms with Crippen molar-refractivity contribution in [2.24, 2.45) is 5.73 Å². The number of aliphatic hydroxyl groups is 1. The number of nitrogens with two attached hydrogens (primary N) is 1. The number of rotatable bonds is 4. The summed E-state index contributed by atoms with van der Waals surface area (Å²) >= 11 is 0. The molecule has 1 rings (SSSR count). The maximum absolute atomic E-state index is 13.2. The maximum Gasteiger partial charge on any atom is 0.146 e. The molecule has 0 saturated carbocycles. The van der Waals surface area contributed by atoms with Crippen LogP contribution in [-0.4, -0.2) is 18.3 Å². The summed E-state index contributed by atoms with van der Waals surface area (Å²) in [6, 6.07) is 4.76. The maximum atomic E-state index is 13.2. The zero-order valence-corrected chi connectivity index (χ0v) is 7.26. The Morgan fingerprint density at radius 1 is 1.46 bits per heavy atom. The average Bonchev–Trinajstić information content (AvgIpc) is 2.16. The number of halogens is 1. The summed E-state index contributed by atoms with van der Waals surface area (Å²) in [7, 11) is 0. The van der Waals surface area contributed by atoms with Crippen LogP contribution in [0.25, 0.3) is 0 Å². The molecule has 0 spiro atoms. The predicted octanol–water partition coefficient (Wildman–Crippen LogP) is 0.689. The molecule has 0 saturated heterocycles. The van der Waals surface area contributed by atoms with Gasteiger partial charge in [-0.3, -0.25) is 0 Å². The van der Waals surface area contributed by atoms with Crippen molar-refractivity contribution in [3.63, 3.8) is 0 Å². The van der Waals surface area contributed by atoms with Gasteiger partial charge in [0.1, 0.15) is 5.82 Å². The topological polar surface area (TPSA) is 58.3 Å². The van der Waals surface area contributed by atoms with Crippen LogP contribution in [0.15, 0.2) is 18.2 Å². The minimum absolute atomic E-state index is 0.0158. The van der Waals surface area contributed by atoms with Crippen molar-refractivity contribution >= 4 is 5.69 Å². The molecule has 1 aromatic rings. The molecule has 4 N–H and O–H groups in total. The smallest absolute Gasteiger partial charge is 0.146 e. The molecule has 0 heterocycles. The van der Waals surface area contributed by atoms with E-state index in [1.807, 2.05) is 0 Å². The van der Waals surface area contributed by atoms with Crippen molar-refractivity contribution in [3.05, 3.63) is 29.6 Å². The number of hydrogen-bond acceptors (Lipinski definition) is 3. The Labute approximate surface area is 76.4 Å². The molecule has 0 radical (unpaired) electrons. The van der Waals surface area contributed by atoms with E-state index in [0.29, 0.717) is 18.8 Å². The van der Waals surface area contributed by atoms with Crippen LogP contribution < -0.4 is 11.1 Å². The molecule has 0 amide bonds. The molecular weight excluding hydrogens is 171 g/mol. The molecule has 72 valence electrons. The Bertz CT molecular complexity index is 278. The Kier molecular flexibility index (Phi) is 3.67. The van der Waals surface area contributed by atoms with E-state index in [1.165, 1.54) is 6.07 Å². The van der Waals surface area contributed by atoms with E-state index in [-0.39, 0.29) is 12.4 Å². The summed E-state index contributed by atoms with van der Waals surface area (Å²) in [5.74, 6) is -0.337. The third-order valence-corrected chi connectivity index (χ3v) is 1.70. The van der Waals surface area contributed by atoms with Crippen molar-refractivity contribution < 1.29 is 9.50 Å². The van der Waals surface area contributed by atoms with Crippen LogP contribution in [0.1, 0.15) is 5.56 Å². The Morgan fingerprint density at radius 3 is 2.77 bits per heavy atom. The highest BCUT2D eigenvalue weighted by molar-refractivity contribution is 5.46. The molecule has 0 aliphatic heterocycles. The van der Waals surface area contributed by atoms with Gasteiger partial charge < -0.3 is 16.2 Å². The fraction of sp³-hybridized carbons (Fsp3) is 0.333. The van der Waals surface area contributed by atoms with E-state index in [2.05, 4.69) is 5.32 Å². The number of benzene rings is 1. The van der Waals surface area contributed by atoms with Gasteiger partial charge in [0.15, 0.2) is 0 Å². The van der Waals surface area contributed by atoms with Gasteiger partial charge in [-0.2, -0.15) is 0 Å². The zero-order chi connectivity index (χ0) is 9.68. The third-order valence-electron chi connectivity index (χ3n) is 1.70. The van der Waals surface area contributed by atoms with Gasteiger partial charge in [-0.25, -0.2) is 4.39 Å². The molecule has 0 bridgehead atoms. The second-order valence-corrected chi connectivity index (χ2v) is 2.67. The van der Waals surface area contributed by atoms with E-state index >= 15 is 0 Å². The first-order chi connectivity index (χ1) is 6.27. The quantitative estimate of drug-likeness (QED) is 0.645. The number of anilines is 1. The summed E-state index contributed by atoms with van der Waals surface area (Å²) in [4.78, 5) is 0. The monoisotopic (exact) mass is 184 g/mol. The average molecular weight is 184 g/mol. The van der Waals surface area contributed by atoms with Crippen LogP contribution in [-0.2, 0) is 6.54 Å². The standard InChI is InChI=1S/C9H13FN2O/c10-8-5-7(6-11)1-2-9(8)12-3-4-13/h1-2,5,12-13H,3-4,6,11H2. The molecule has 4 heteroatoms. The van der Waals surface area contributed by atoms with Gasteiger partial charge >= 0.3 is 0 Å². The molecule has 3 nitrogen and oxygen atoms in total.